The van der Waals surface area contributed by atoms with Crippen LogP contribution in [0.25, 0.3) is 0 Å². The molecule has 1 amide bonds. The van der Waals surface area contributed by atoms with Crippen molar-refractivity contribution in [3.8, 4) is 0 Å². The Morgan fingerprint density at radius 2 is 2.26 bits per heavy atom. The normalized spacial score (nSPS) is 24.5. The molecule has 1 aromatic rings. The van der Waals surface area contributed by atoms with E-state index in [0.717, 1.165) is 0 Å². The van der Waals surface area contributed by atoms with Gasteiger partial charge < -0.3 is 9.64 Å². The quantitative estimate of drug-likeness (QED) is 0.898. The van der Waals surface area contributed by atoms with Crippen molar-refractivity contribution in [2.75, 3.05) is 19.7 Å². The zero-order valence-electron chi connectivity index (χ0n) is 11.0. The Morgan fingerprint density at radius 3 is 3.00 bits per heavy atom. The fraction of sp³-hybridized carbons (Fsp3) is 0.643. The summed E-state index contributed by atoms with van der Waals surface area (Å²) in [5.74, 6) is 0.174. The lowest BCUT2D eigenvalue weighted by Gasteiger charge is -2.24. The molecule has 2 aliphatic rings. The van der Waals surface area contributed by atoms with Crippen LogP contribution in [0.3, 0.4) is 0 Å². The van der Waals surface area contributed by atoms with Crippen LogP contribution in [-0.2, 0) is 9.53 Å². The molecule has 1 aliphatic heterocycles. The third-order valence-electron chi connectivity index (χ3n) is 3.88. The molecule has 0 radical (unpaired) electrons. The number of ether oxygens (including phenoxy) is 1. The zero-order chi connectivity index (χ0) is 13.1. The van der Waals surface area contributed by atoms with E-state index >= 15 is 0 Å². The molecule has 1 atom stereocenters. The van der Waals surface area contributed by atoms with Crippen molar-refractivity contribution < 1.29 is 9.53 Å². The van der Waals surface area contributed by atoms with Crippen molar-refractivity contribution >= 4 is 17.2 Å². The lowest BCUT2D eigenvalue weighted by Crippen LogP contribution is -2.33. The maximum Gasteiger partial charge on any atom is 0.238 e. The fourth-order valence-electron chi connectivity index (χ4n) is 2.87. The first-order chi connectivity index (χ1) is 9.34. The number of nitrogens with zero attached hydrogens (tertiary/aromatic N) is 1. The van der Waals surface area contributed by atoms with E-state index in [-0.39, 0.29) is 12.1 Å². The number of carbonyl (C=O) groups excluding carboxylic acids is 1. The standard InChI is InChI=1S/C14H20N2O2S/c17-13-10-15-14(12-6-3-9-19-12)16(13)7-8-18-11-4-1-2-5-11/h3,6,9,11,14-15H,1-2,4-5,7-8,10H2. The van der Waals surface area contributed by atoms with Crippen LogP contribution in [0.5, 0.6) is 0 Å². The summed E-state index contributed by atoms with van der Waals surface area (Å²) in [5.41, 5.74) is 0. The van der Waals surface area contributed by atoms with Gasteiger partial charge in [0.25, 0.3) is 0 Å². The number of thiophene rings is 1. The second kappa shape index (κ2) is 6.03. The van der Waals surface area contributed by atoms with E-state index in [0.29, 0.717) is 25.8 Å². The largest absolute Gasteiger partial charge is 0.376 e. The van der Waals surface area contributed by atoms with Gasteiger partial charge >= 0.3 is 0 Å². The molecular weight excluding hydrogens is 260 g/mol. The Balaban J connectivity index is 1.53. The number of hydrogen-bond donors (Lipinski definition) is 1. The van der Waals surface area contributed by atoms with Gasteiger partial charge in [0.05, 0.1) is 19.3 Å². The minimum atomic E-state index is 0.0414. The topological polar surface area (TPSA) is 41.6 Å². The summed E-state index contributed by atoms with van der Waals surface area (Å²) in [5, 5.41) is 5.32. The summed E-state index contributed by atoms with van der Waals surface area (Å²) in [4.78, 5) is 15.0. The highest BCUT2D eigenvalue weighted by molar-refractivity contribution is 7.10. The van der Waals surface area contributed by atoms with E-state index < -0.39 is 0 Å². The third kappa shape index (κ3) is 2.99. The Labute approximate surface area is 117 Å². The van der Waals surface area contributed by atoms with Crippen molar-refractivity contribution in [3.05, 3.63) is 22.4 Å². The molecule has 2 heterocycles. The summed E-state index contributed by atoms with van der Waals surface area (Å²) in [6.45, 7) is 1.77. The molecule has 1 saturated carbocycles. The maximum absolute atomic E-state index is 11.9. The van der Waals surface area contributed by atoms with E-state index in [4.69, 9.17) is 4.74 Å². The highest BCUT2D eigenvalue weighted by atomic mass is 32.1. The monoisotopic (exact) mass is 280 g/mol. The predicted octanol–water partition coefficient (Wildman–Crippen LogP) is 2.14. The molecule has 5 heteroatoms. The number of amides is 1. The van der Waals surface area contributed by atoms with Crippen LogP contribution in [0.15, 0.2) is 17.5 Å². The molecule has 1 aromatic heterocycles. The first-order valence-electron chi connectivity index (χ1n) is 7.02. The molecule has 1 unspecified atom stereocenters. The van der Waals surface area contributed by atoms with Gasteiger partial charge in [0.15, 0.2) is 0 Å². The molecular formula is C14H20N2O2S. The van der Waals surface area contributed by atoms with Gasteiger partial charge in [0.1, 0.15) is 6.17 Å². The minimum Gasteiger partial charge on any atom is -0.376 e. The molecule has 0 aromatic carbocycles. The van der Waals surface area contributed by atoms with E-state index in [1.807, 2.05) is 16.3 Å². The molecule has 1 aliphatic carbocycles. The Kier molecular flexibility index (Phi) is 4.15. The van der Waals surface area contributed by atoms with Crippen LogP contribution in [0.4, 0.5) is 0 Å². The zero-order valence-corrected chi connectivity index (χ0v) is 11.8. The van der Waals surface area contributed by atoms with Crippen molar-refractivity contribution in [1.82, 2.24) is 10.2 Å². The summed E-state index contributed by atoms with van der Waals surface area (Å²) in [7, 11) is 0. The SMILES string of the molecule is O=C1CNC(c2cccs2)N1CCOC1CCCC1. The highest BCUT2D eigenvalue weighted by Gasteiger charge is 2.31. The van der Waals surface area contributed by atoms with Crippen LogP contribution in [0.2, 0.25) is 0 Å². The molecule has 4 nitrogen and oxygen atoms in total. The molecule has 3 rings (SSSR count). The Hall–Kier alpha value is -0.910. The van der Waals surface area contributed by atoms with E-state index in [1.54, 1.807) is 11.3 Å². The van der Waals surface area contributed by atoms with Gasteiger partial charge in [-0.15, -0.1) is 11.3 Å². The van der Waals surface area contributed by atoms with Crippen molar-refractivity contribution in [3.63, 3.8) is 0 Å². The lowest BCUT2D eigenvalue weighted by atomic mass is 10.3. The number of hydrogen-bond acceptors (Lipinski definition) is 4. The van der Waals surface area contributed by atoms with Gasteiger partial charge in [-0.25, -0.2) is 0 Å². The fourth-order valence-corrected chi connectivity index (χ4v) is 3.68. The molecule has 0 bridgehead atoms. The van der Waals surface area contributed by atoms with Gasteiger partial charge in [0.2, 0.25) is 5.91 Å². The number of carbonyl (C=O) groups is 1. The molecule has 1 saturated heterocycles. The summed E-state index contributed by atoms with van der Waals surface area (Å²) in [6.07, 6.45) is 5.39. The predicted molar refractivity (Wildman–Crippen MR) is 75.0 cm³/mol. The van der Waals surface area contributed by atoms with Crippen LogP contribution in [0, 0.1) is 0 Å². The second-order valence-electron chi connectivity index (χ2n) is 5.16. The summed E-state index contributed by atoms with van der Waals surface area (Å²) >= 11 is 1.69. The molecule has 19 heavy (non-hydrogen) atoms. The highest BCUT2D eigenvalue weighted by Crippen LogP contribution is 2.26. The molecule has 1 N–H and O–H groups in total. The summed E-state index contributed by atoms with van der Waals surface area (Å²) in [6, 6.07) is 4.10. The smallest absolute Gasteiger partial charge is 0.238 e. The van der Waals surface area contributed by atoms with Gasteiger partial charge in [-0.1, -0.05) is 18.9 Å². The molecule has 2 fully saturated rings. The van der Waals surface area contributed by atoms with Crippen molar-refractivity contribution in [2.45, 2.75) is 38.0 Å². The Morgan fingerprint density at radius 1 is 1.42 bits per heavy atom. The van der Waals surface area contributed by atoms with Gasteiger partial charge in [-0.3, -0.25) is 10.1 Å². The average molecular weight is 280 g/mol. The number of nitrogens with one attached hydrogen (secondary N) is 1. The van der Waals surface area contributed by atoms with Gasteiger partial charge in [0, 0.05) is 11.4 Å². The van der Waals surface area contributed by atoms with Crippen LogP contribution in [0.1, 0.15) is 36.7 Å². The number of rotatable bonds is 5. The minimum absolute atomic E-state index is 0.0414. The first-order valence-corrected chi connectivity index (χ1v) is 7.90. The van der Waals surface area contributed by atoms with Crippen molar-refractivity contribution in [1.29, 1.82) is 0 Å². The van der Waals surface area contributed by atoms with E-state index in [9.17, 15) is 4.79 Å². The van der Waals surface area contributed by atoms with Crippen LogP contribution < -0.4 is 5.32 Å². The molecule has 104 valence electrons. The van der Waals surface area contributed by atoms with Crippen LogP contribution >= 0.6 is 11.3 Å². The summed E-state index contributed by atoms with van der Waals surface area (Å²) < 4.78 is 5.86. The first kappa shape index (κ1) is 13.1. The van der Waals surface area contributed by atoms with Crippen molar-refractivity contribution in [2.24, 2.45) is 0 Å². The van der Waals surface area contributed by atoms with E-state index in [1.165, 1.54) is 30.6 Å². The average Bonchev–Trinajstić information content (AvgIpc) is 3.12. The van der Waals surface area contributed by atoms with Gasteiger partial charge in [-0.2, -0.15) is 0 Å². The van der Waals surface area contributed by atoms with Crippen LogP contribution in [-0.4, -0.2) is 36.6 Å². The van der Waals surface area contributed by atoms with Gasteiger partial charge in [-0.05, 0) is 24.3 Å². The Bertz CT molecular complexity index is 415. The third-order valence-corrected chi connectivity index (χ3v) is 4.80. The second-order valence-corrected chi connectivity index (χ2v) is 6.14. The lowest BCUT2D eigenvalue weighted by molar-refractivity contribution is -0.129. The maximum atomic E-state index is 11.9. The molecule has 0 spiro atoms. The van der Waals surface area contributed by atoms with E-state index in [2.05, 4.69) is 11.4 Å².